The molecule has 5 N–H and O–H groups in total. The number of aliphatic imine (C=N–C) groups is 1. The van der Waals surface area contributed by atoms with Gasteiger partial charge in [0.2, 0.25) is 0 Å². The van der Waals surface area contributed by atoms with Crippen LogP contribution in [0.25, 0.3) is 0 Å². The first kappa shape index (κ1) is 55.5. The van der Waals surface area contributed by atoms with E-state index in [9.17, 15) is 0 Å². The number of hydrogen-bond acceptors (Lipinski definition) is 11. The molecule has 2 atom stereocenters. The standard InChI is InChI=1S/2C10H20N2O.2C9H18O.C7H14N2S.CH4/c2*1-8(11)12-6-5-9(7-12)13-10(2,3)4;2*1-9(2,3)10-8-6-4-5-7-8;1-10-6-8-5-7-3-2-4-9-7;/h2*9H,1,5-7,11H2,2-4H3;2*8H,4-7H2,1-3H3;8H,2-6H2,1H3;1H4/t2*9-;;;;/m10..../s1. The number of rotatable bonds is 10. The van der Waals surface area contributed by atoms with Crippen LogP contribution < -0.4 is 16.8 Å². The van der Waals surface area contributed by atoms with E-state index in [4.69, 9.17) is 30.4 Å². The van der Waals surface area contributed by atoms with Crippen molar-refractivity contribution in [2.24, 2.45) is 16.5 Å². The summed E-state index contributed by atoms with van der Waals surface area (Å²) in [5, 5.41) is 3.31. The zero-order chi connectivity index (χ0) is 42.6. The molecule has 5 rings (SSSR count). The summed E-state index contributed by atoms with van der Waals surface area (Å²) < 4.78 is 23.3. The SMILES string of the molecule is C.C=C(N)N1CC[C@@H](OC(C)(C)C)C1.C=C(N)N1CC[C@H](OC(C)(C)C)C1.CC(C)(C)OC1CCCC1.CC(C)(C)OC1CCCC1.CSCNCC1=NCCC1. The summed E-state index contributed by atoms with van der Waals surface area (Å²) >= 11 is 1.82. The molecule has 0 aromatic carbocycles. The molecule has 3 heterocycles. The number of ether oxygens (including phenoxy) is 4. The second-order valence-electron chi connectivity index (χ2n) is 19.8. The summed E-state index contributed by atoms with van der Waals surface area (Å²) in [6.45, 7) is 38.4. The minimum atomic E-state index is -0.0589. The maximum atomic E-state index is 5.84. The Balaban J connectivity index is 0.000000688. The predicted octanol–water partition coefficient (Wildman–Crippen LogP) is 9.87. The third-order valence-electron chi connectivity index (χ3n) is 9.32. The molecular weight excluding hydrogens is 733 g/mol. The minimum Gasteiger partial charge on any atom is -0.386 e. The van der Waals surface area contributed by atoms with Gasteiger partial charge in [-0.05, 0) is 141 Å². The molecule has 0 radical (unpaired) electrons. The van der Waals surface area contributed by atoms with E-state index in [1.807, 2.05) is 11.8 Å². The van der Waals surface area contributed by atoms with E-state index in [0.717, 1.165) is 58.0 Å². The molecule has 0 spiro atoms. The fraction of sp³-hybridized carbons (Fsp3) is 0.891. The van der Waals surface area contributed by atoms with Crippen molar-refractivity contribution in [1.82, 2.24) is 15.1 Å². The number of likely N-dealkylation sites (tertiary alicyclic amines) is 2. The maximum Gasteiger partial charge on any atom is 0.0913 e. The lowest BCUT2D eigenvalue weighted by atomic mass is 10.2. The highest BCUT2D eigenvalue weighted by molar-refractivity contribution is 7.98. The number of thioether (sulfide) groups is 1. The Labute approximate surface area is 357 Å². The summed E-state index contributed by atoms with van der Waals surface area (Å²) in [6.07, 6.45) is 18.9. The van der Waals surface area contributed by atoms with Crippen molar-refractivity contribution in [3.05, 3.63) is 24.8 Å². The highest BCUT2D eigenvalue weighted by Crippen LogP contribution is 2.26. The molecule has 0 amide bonds. The van der Waals surface area contributed by atoms with Crippen LogP contribution in [-0.2, 0) is 18.9 Å². The topological polar surface area (TPSA) is 120 Å². The Bertz CT molecular complexity index is 1040. The van der Waals surface area contributed by atoms with E-state index in [2.05, 4.69) is 123 Å². The molecule has 2 saturated carbocycles. The molecule has 2 aliphatic carbocycles. The van der Waals surface area contributed by atoms with Crippen LogP contribution >= 0.6 is 11.8 Å². The first-order valence-corrected chi connectivity index (χ1v) is 23.1. The smallest absolute Gasteiger partial charge is 0.0913 e. The van der Waals surface area contributed by atoms with Gasteiger partial charge in [0.25, 0.3) is 0 Å². The Morgan fingerprint density at radius 2 is 0.982 bits per heavy atom. The van der Waals surface area contributed by atoms with Crippen molar-refractivity contribution >= 4 is 17.5 Å². The van der Waals surface area contributed by atoms with E-state index in [0.29, 0.717) is 36.1 Å². The molecule has 10 nitrogen and oxygen atoms in total. The van der Waals surface area contributed by atoms with E-state index in [-0.39, 0.29) is 29.8 Å². The van der Waals surface area contributed by atoms with Gasteiger partial charge in [0.05, 0.1) is 58.5 Å². The Hall–Kier alpha value is -1.50. The average molecular weight is 827 g/mol. The zero-order valence-corrected chi connectivity index (χ0v) is 39.5. The van der Waals surface area contributed by atoms with E-state index in [1.165, 1.54) is 69.9 Å². The van der Waals surface area contributed by atoms with Crippen LogP contribution in [0.2, 0.25) is 0 Å². The van der Waals surface area contributed by atoms with Gasteiger partial charge >= 0.3 is 0 Å². The van der Waals surface area contributed by atoms with E-state index >= 15 is 0 Å². The van der Waals surface area contributed by atoms with Gasteiger partial charge in [-0.1, -0.05) is 46.3 Å². The number of nitrogens with one attached hydrogen (secondary N) is 1. The summed E-state index contributed by atoms with van der Waals surface area (Å²) in [5.41, 5.74) is 12.6. The molecule has 2 saturated heterocycles. The normalized spacial score (nSPS) is 21.5. The highest BCUT2D eigenvalue weighted by atomic mass is 32.2. The van der Waals surface area contributed by atoms with Crippen molar-refractivity contribution in [2.75, 3.05) is 51.4 Å². The molecule has 0 bridgehead atoms. The van der Waals surface area contributed by atoms with Crippen molar-refractivity contribution < 1.29 is 18.9 Å². The second kappa shape index (κ2) is 27.4. The van der Waals surface area contributed by atoms with Gasteiger partial charge in [-0.15, -0.1) is 11.8 Å². The van der Waals surface area contributed by atoms with Crippen molar-refractivity contribution in [2.45, 2.75) is 214 Å². The molecule has 57 heavy (non-hydrogen) atoms. The molecule has 0 aromatic heterocycles. The largest absolute Gasteiger partial charge is 0.386 e. The van der Waals surface area contributed by atoms with Crippen LogP contribution in [0.5, 0.6) is 0 Å². The van der Waals surface area contributed by atoms with Gasteiger partial charge in [0.1, 0.15) is 0 Å². The van der Waals surface area contributed by atoms with Crippen LogP contribution in [0.3, 0.4) is 0 Å². The van der Waals surface area contributed by atoms with Crippen molar-refractivity contribution in [3.63, 3.8) is 0 Å². The fourth-order valence-corrected chi connectivity index (χ4v) is 7.53. The summed E-state index contributed by atoms with van der Waals surface area (Å²) in [4.78, 5) is 8.48. The summed E-state index contributed by atoms with van der Waals surface area (Å²) in [5.74, 6) is 2.35. The summed E-state index contributed by atoms with van der Waals surface area (Å²) in [7, 11) is 0. The molecule has 338 valence electrons. The van der Waals surface area contributed by atoms with Gasteiger partial charge < -0.3 is 45.5 Å². The van der Waals surface area contributed by atoms with Gasteiger partial charge in [0.15, 0.2) is 0 Å². The zero-order valence-electron chi connectivity index (χ0n) is 38.7. The van der Waals surface area contributed by atoms with Crippen LogP contribution in [-0.4, -0.2) is 114 Å². The summed E-state index contributed by atoms with van der Waals surface area (Å²) in [6, 6.07) is 0. The number of nitrogens with zero attached hydrogens (tertiary/aromatic N) is 3. The van der Waals surface area contributed by atoms with Gasteiger partial charge in [-0.25, -0.2) is 0 Å². The molecule has 3 aliphatic heterocycles. The lowest BCUT2D eigenvalue weighted by Crippen LogP contribution is -2.31. The number of hydrogen-bond donors (Lipinski definition) is 3. The van der Waals surface area contributed by atoms with Crippen LogP contribution in [0, 0.1) is 0 Å². The van der Waals surface area contributed by atoms with Gasteiger partial charge in [0, 0.05) is 50.9 Å². The molecular formula is C46H94N6O4S. The molecule has 5 aliphatic rings. The highest BCUT2D eigenvalue weighted by Gasteiger charge is 2.28. The first-order chi connectivity index (χ1) is 25.9. The number of nitrogens with two attached hydrogens (primary N) is 2. The van der Waals surface area contributed by atoms with E-state index in [1.54, 1.807) is 0 Å². The van der Waals surface area contributed by atoms with Crippen LogP contribution in [0.15, 0.2) is 29.8 Å². The second-order valence-corrected chi connectivity index (χ2v) is 20.7. The van der Waals surface area contributed by atoms with Crippen molar-refractivity contribution in [3.8, 4) is 0 Å². The van der Waals surface area contributed by atoms with Gasteiger partial charge in [-0.3, -0.25) is 4.99 Å². The Morgan fingerprint density at radius 3 is 1.25 bits per heavy atom. The lowest BCUT2D eigenvalue weighted by molar-refractivity contribution is -0.0562. The van der Waals surface area contributed by atoms with Gasteiger partial charge in [-0.2, -0.15) is 0 Å². The molecule has 11 heteroatoms. The molecule has 0 aromatic rings. The first-order valence-electron chi connectivity index (χ1n) is 21.7. The van der Waals surface area contributed by atoms with Crippen molar-refractivity contribution in [1.29, 1.82) is 0 Å². The third kappa shape index (κ3) is 30.2. The monoisotopic (exact) mass is 827 g/mol. The lowest BCUT2D eigenvalue weighted by Gasteiger charge is -2.25. The minimum absolute atomic E-state index is 0. The molecule has 0 unspecified atom stereocenters. The fourth-order valence-electron chi connectivity index (χ4n) is 7.22. The maximum absolute atomic E-state index is 5.84. The van der Waals surface area contributed by atoms with Crippen LogP contribution in [0.1, 0.15) is 168 Å². The quantitative estimate of drug-likeness (QED) is 0.145. The Morgan fingerprint density at radius 1 is 0.632 bits per heavy atom. The predicted molar refractivity (Wildman–Crippen MR) is 249 cm³/mol. The van der Waals surface area contributed by atoms with Crippen LogP contribution in [0.4, 0.5) is 0 Å². The average Bonchev–Trinajstić information content (AvgIpc) is 3.88. The third-order valence-corrected chi connectivity index (χ3v) is 9.81. The molecule has 4 fully saturated rings. The van der Waals surface area contributed by atoms with E-state index < -0.39 is 0 Å². The Kier molecular flexibility index (Phi) is 26.6.